The molecule has 1 N–H and O–H groups in total. The molecule has 1 aliphatic rings. The molecule has 0 unspecified atom stereocenters. The molecule has 0 amide bonds. The van der Waals surface area contributed by atoms with Crippen LogP contribution in [0.2, 0.25) is 0 Å². The first-order valence-corrected chi connectivity index (χ1v) is 5.38. The van der Waals surface area contributed by atoms with Gasteiger partial charge in [0.05, 0.1) is 13.2 Å². The summed E-state index contributed by atoms with van der Waals surface area (Å²) in [5, 5.41) is 2.24. The molecule has 1 heterocycles. The minimum absolute atomic E-state index is 0.867. The van der Waals surface area contributed by atoms with E-state index in [9.17, 15) is 0 Å². The molecule has 0 atom stereocenters. The molecule has 0 aromatic rings. The molecular formula is C7H16N2OS. The van der Waals surface area contributed by atoms with Gasteiger partial charge in [-0.2, -0.15) is 11.8 Å². The van der Waals surface area contributed by atoms with Gasteiger partial charge in [-0.3, -0.25) is 5.43 Å². The van der Waals surface area contributed by atoms with E-state index in [1.165, 1.54) is 5.75 Å². The van der Waals surface area contributed by atoms with Crippen molar-refractivity contribution in [1.29, 1.82) is 0 Å². The predicted molar refractivity (Wildman–Crippen MR) is 48.8 cm³/mol. The van der Waals surface area contributed by atoms with Crippen LogP contribution in [0.15, 0.2) is 0 Å². The lowest BCUT2D eigenvalue weighted by molar-refractivity contribution is 0.0134. The van der Waals surface area contributed by atoms with Gasteiger partial charge in [-0.25, -0.2) is 5.01 Å². The van der Waals surface area contributed by atoms with Gasteiger partial charge >= 0.3 is 0 Å². The number of hydrogen-bond donors (Lipinski definition) is 1. The standard InChI is InChI=1S/C7H16N2OS/c1-11-7-2-8-9-3-5-10-6-4-9/h8H,2-7H2,1H3. The highest BCUT2D eigenvalue weighted by atomic mass is 32.2. The Morgan fingerprint density at radius 1 is 1.45 bits per heavy atom. The summed E-state index contributed by atoms with van der Waals surface area (Å²) in [5.74, 6) is 1.18. The number of rotatable bonds is 4. The van der Waals surface area contributed by atoms with E-state index in [0.717, 1.165) is 32.8 Å². The average molecular weight is 176 g/mol. The first kappa shape index (κ1) is 9.32. The molecule has 0 spiro atoms. The lowest BCUT2D eigenvalue weighted by Gasteiger charge is -2.26. The van der Waals surface area contributed by atoms with Crippen molar-refractivity contribution in [3.8, 4) is 0 Å². The van der Waals surface area contributed by atoms with Crippen LogP contribution in [0, 0.1) is 0 Å². The maximum Gasteiger partial charge on any atom is 0.0608 e. The minimum Gasteiger partial charge on any atom is -0.379 e. The second kappa shape index (κ2) is 5.83. The van der Waals surface area contributed by atoms with Gasteiger partial charge in [0.25, 0.3) is 0 Å². The highest BCUT2D eigenvalue weighted by molar-refractivity contribution is 7.98. The van der Waals surface area contributed by atoms with Crippen LogP contribution < -0.4 is 5.43 Å². The molecule has 1 rings (SSSR count). The van der Waals surface area contributed by atoms with E-state index in [2.05, 4.69) is 16.7 Å². The van der Waals surface area contributed by atoms with Gasteiger partial charge in [0.2, 0.25) is 0 Å². The first-order valence-electron chi connectivity index (χ1n) is 3.98. The Bertz CT molecular complexity index is 96.4. The fourth-order valence-corrected chi connectivity index (χ4v) is 1.32. The fraction of sp³-hybridized carbons (Fsp3) is 1.00. The molecular weight excluding hydrogens is 160 g/mol. The summed E-state index contributed by atoms with van der Waals surface area (Å²) in [7, 11) is 0. The van der Waals surface area contributed by atoms with Crippen molar-refractivity contribution < 1.29 is 4.74 Å². The van der Waals surface area contributed by atoms with Crippen molar-refractivity contribution in [3.05, 3.63) is 0 Å². The average Bonchev–Trinajstić information content (AvgIpc) is 2.07. The molecule has 1 fully saturated rings. The Morgan fingerprint density at radius 3 is 2.82 bits per heavy atom. The Labute approximate surface area is 72.4 Å². The fourth-order valence-electron chi connectivity index (χ4n) is 1.03. The zero-order valence-electron chi connectivity index (χ0n) is 7.01. The van der Waals surface area contributed by atoms with Gasteiger partial charge in [0.1, 0.15) is 0 Å². The zero-order chi connectivity index (χ0) is 7.94. The third-order valence-corrected chi connectivity index (χ3v) is 2.27. The lowest BCUT2D eigenvalue weighted by atomic mass is 10.5. The summed E-state index contributed by atoms with van der Waals surface area (Å²) in [6, 6.07) is 0. The van der Waals surface area contributed by atoms with Gasteiger partial charge in [-0.05, 0) is 6.26 Å². The molecule has 4 heteroatoms. The minimum atomic E-state index is 0.867. The SMILES string of the molecule is CSCCNN1CCOCC1. The molecule has 0 aromatic heterocycles. The summed E-state index contributed by atoms with van der Waals surface area (Å²) >= 11 is 1.87. The maximum atomic E-state index is 5.22. The van der Waals surface area contributed by atoms with Crippen LogP contribution in [0.3, 0.4) is 0 Å². The molecule has 11 heavy (non-hydrogen) atoms. The van der Waals surface area contributed by atoms with Crippen LogP contribution in [0.5, 0.6) is 0 Å². The third-order valence-electron chi connectivity index (χ3n) is 1.65. The number of ether oxygens (including phenoxy) is 1. The van der Waals surface area contributed by atoms with Gasteiger partial charge < -0.3 is 4.74 Å². The van der Waals surface area contributed by atoms with Gasteiger partial charge in [0, 0.05) is 25.4 Å². The summed E-state index contributed by atoms with van der Waals surface area (Å²) < 4.78 is 5.22. The van der Waals surface area contributed by atoms with Crippen LogP contribution in [-0.4, -0.2) is 49.9 Å². The summed E-state index contributed by atoms with van der Waals surface area (Å²) in [5.41, 5.74) is 3.36. The highest BCUT2D eigenvalue weighted by Crippen LogP contribution is 1.93. The van der Waals surface area contributed by atoms with Crippen molar-refractivity contribution >= 4 is 11.8 Å². The van der Waals surface area contributed by atoms with Crippen molar-refractivity contribution in [1.82, 2.24) is 10.4 Å². The van der Waals surface area contributed by atoms with Crippen molar-refractivity contribution in [3.63, 3.8) is 0 Å². The van der Waals surface area contributed by atoms with E-state index in [0.29, 0.717) is 0 Å². The van der Waals surface area contributed by atoms with Gasteiger partial charge in [-0.1, -0.05) is 0 Å². The van der Waals surface area contributed by atoms with Crippen molar-refractivity contribution in [2.75, 3.05) is 44.9 Å². The first-order chi connectivity index (χ1) is 5.43. The molecule has 0 radical (unpaired) electrons. The zero-order valence-corrected chi connectivity index (χ0v) is 7.82. The third kappa shape index (κ3) is 3.96. The molecule has 0 saturated carbocycles. The normalized spacial score (nSPS) is 20.5. The number of morpholine rings is 1. The largest absolute Gasteiger partial charge is 0.379 e. The number of nitrogens with zero attached hydrogens (tertiary/aromatic N) is 1. The van der Waals surface area contributed by atoms with E-state index in [-0.39, 0.29) is 0 Å². The molecule has 1 saturated heterocycles. The quantitative estimate of drug-likeness (QED) is 0.618. The van der Waals surface area contributed by atoms with E-state index >= 15 is 0 Å². The Balaban J connectivity index is 1.96. The second-order valence-corrected chi connectivity index (χ2v) is 3.49. The Hall–Kier alpha value is 0.230. The monoisotopic (exact) mass is 176 g/mol. The smallest absolute Gasteiger partial charge is 0.0608 e. The predicted octanol–water partition coefficient (Wildman–Crippen LogP) is 0.186. The van der Waals surface area contributed by atoms with E-state index < -0.39 is 0 Å². The number of nitrogens with one attached hydrogen (secondary N) is 1. The molecule has 66 valence electrons. The molecule has 1 aliphatic heterocycles. The highest BCUT2D eigenvalue weighted by Gasteiger charge is 2.07. The topological polar surface area (TPSA) is 24.5 Å². The molecule has 0 aliphatic carbocycles. The summed E-state index contributed by atoms with van der Waals surface area (Å²) in [4.78, 5) is 0. The second-order valence-electron chi connectivity index (χ2n) is 2.50. The van der Waals surface area contributed by atoms with Crippen molar-refractivity contribution in [2.24, 2.45) is 0 Å². The number of hydrazine groups is 1. The van der Waals surface area contributed by atoms with E-state index in [4.69, 9.17) is 4.74 Å². The Kier molecular flexibility index (Phi) is 4.94. The van der Waals surface area contributed by atoms with Crippen LogP contribution in [0.25, 0.3) is 0 Å². The van der Waals surface area contributed by atoms with Crippen LogP contribution in [0.4, 0.5) is 0 Å². The summed E-state index contributed by atoms with van der Waals surface area (Å²) in [6.45, 7) is 4.85. The summed E-state index contributed by atoms with van der Waals surface area (Å²) in [6.07, 6.45) is 2.13. The Morgan fingerprint density at radius 2 is 2.18 bits per heavy atom. The van der Waals surface area contributed by atoms with E-state index in [1.807, 2.05) is 11.8 Å². The number of thioether (sulfide) groups is 1. The molecule has 3 nitrogen and oxygen atoms in total. The lowest BCUT2D eigenvalue weighted by Crippen LogP contribution is -2.46. The van der Waals surface area contributed by atoms with Crippen LogP contribution >= 0.6 is 11.8 Å². The molecule has 0 aromatic carbocycles. The van der Waals surface area contributed by atoms with Gasteiger partial charge in [-0.15, -0.1) is 0 Å². The number of hydrogen-bond acceptors (Lipinski definition) is 4. The van der Waals surface area contributed by atoms with Crippen LogP contribution in [0.1, 0.15) is 0 Å². The van der Waals surface area contributed by atoms with Crippen molar-refractivity contribution in [2.45, 2.75) is 0 Å². The van der Waals surface area contributed by atoms with Crippen LogP contribution in [-0.2, 0) is 4.74 Å². The van der Waals surface area contributed by atoms with Gasteiger partial charge in [0.15, 0.2) is 0 Å². The maximum absolute atomic E-state index is 5.22. The molecule has 0 bridgehead atoms. The van der Waals surface area contributed by atoms with E-state index in [1.54, 1.807) is 0 Å².